The van der Waals surface area contributed by atoms with Crippen LogP contribution in [0.5, 0.6) is 5.75 Å². The maximum absolute atomic E-state index is 8.87. The molecule has 0 aliphatic heterocycles. The molecule has 0 spiro atoms. The van der Waals surface area contributed by atoms with E-state index < -0.39 is 0 Å². The lowest BCUT2D eigenvalue weighted by Crippen LogP contribution is -2.16. The number of benzene rings is 1. The van der Waals surface area contributed by atoms with E-state index in [-0.39, 0.29) is 6.04 Å². The van der Waals surface area contributed by atoms with Gasteiger partial charge < -0.3 is 10.1 Å². The van der Waals surface area contributed by atoms with Crippen LogP contribution in [0, 0.1) is 11.3 Å². The minimum absolute atomic E-state index is 0.272. The van der Waals surface area contributed by atoms with Crippen molar-refractivity contribution in [1.29, 1.82) is 5.26 Å². The number of para-hydroxylation sites is 1. The van der Waals surface area contributed by atoms with Gasteiger partial charge in [-0.1, -0.05) is 25.1 Å². The molecule has 0 radical (unpaired) electrons. The molecule has 0 saturated heterocycles. The van der Waals surface area contributed by atoms with Gasteiger partial charge in [0, 0.05) is 17.8 Å². The van der Waals surface area contributed by atoms with Crippen molar-refractivity contribution in [2.24, 2.45) is 0 Å². The van der Waals surface area contributed by atoms with Crippen LogP contribution >= 0.6 is 0 Å². The molecule has 4 nitrogen and oxygen atoms in total. The second kappa shape index (κ2) is 7.41. The monoisotopic (exact) mass is 281 g/mol. The summed E-state index contributed by atoms with van der Waals surface area (Å²) in [7, 11) is 1.95. The van der Waals surface area contributed by atoms with Crippen LogP contribution in [0.15, 0.2) is 42.6 Å². The summed E-state index contributed by atoms with van der Waals surface area (Å²) in [6.45, 7) is 2.56. The predicted molar refractivity (Wildman–Crippen MR) is 81.8 cm³/mol. The Morgan fingerprint density at radius 3 is 2.86 bits per heavy atom. The summed E-state index contributed by atoms with van der Waals surface area (Å²) >= 11 is 0. The summed E-state index contributed by atoms with van der Waals surface area (Å²) in [4.78, 5) is 3.96. The van der Waals surface area contributed by atoms with Gasteiger partial charge >= 0.3 is 0 Å². The van der Waals surface area contributed by atoms with E-state index in [1.54, 1.807) is 12.3 Å². The van der Waals surface area contributed by atoms with Gasteiger partial charge in [0.1, 0.15) is 24.1 Å². The number of ether oxygens (including phenoxy) is 1. The number of nitrogens with one attached hydrogen (secondary N) is 1. The highest BCUT2D eigenvalue weighted by Gasteiger charge is 2.12. The Hall–Kier alpha value is -2.38. The quantitative estimate of drug-likeness (QED) is 0.883. The molecule has 1 N–H and O–H groups in total. The fraction of sp³-hybridized carbons (Fsp3) is 0.294. The highest BCUT2D eigenvalue weighted by molar-refractivity contribution is 5.36. The Morgan fingerprint density at radius 1 is 1.33 bits per heavy atom. The van der Waals surface area contributed by atoms with Crippen LogP contribution in [0.2, 0.25) is 0 Å². The van der Waals surface area contributed by atoms with Gasteiger partial charge in [-0.15, -0.1) is 0 Å². The third-order valence-corrected chi connectivity index (χ3v) is 3.38. The third kappa shape index (κ3) is 3.80. The van der Waals surface area contributed by atoms with Gasteiger partial charge in [0.2, 0.25) is 0 Å². The highest BCUT2D eigenvalue weighted by atomic mass is 16.5. The highest BCUT2D eigenvalue weighted by Crippen LogP contribution is 2.27. The molecule has 1 atom stereocenters. The van der Waals surface area contributed by atoms with Gasteiger partial charge in [0.15, 0.2) is 0 Å². The van der Waals surface area contributed by atoms with E-state index in [2.05, 4.69) is 23.3 Å². The number of pyridine rings is 1. The topological polar surface area (TPSA) is 57.9 Å². The maximum atomic E-state index is 8.87. The van der Waals surface area contributed by atoms with Crippen LogP contribution in [-0.4, -0.2) is 12.0 Å². The van der Waals surface area contributed by atoms with Gasteiger partial charge in [-0.3, -0.25) is 0 Å². The molecule has 2 rings (SSSR count). The van der Waals surface area contributed by atoms with Crippen molar-refractivity contribution in [3.05, 3.63) is 59.4 Å². The van der Waals surface area contributed by atoms with Crippen LogP contribution in [-0.2, 0) is 6.61 Å². The SMILES string of the molecule is CCC(NC)c1ccccc1OCc1ccnc(C#N)c1. The van der Waals surface area contributed by atoms with E-state index in [9.17, 15) is 0 Å². The van der Waals surface area contributed by atoms with E-state index in [0.717, 1.165) is 23.3 Å². The number of hydrogen-bond acceptors (Lipinski definition) is 4. The summed E-state index contributed by atoms with van der Waals surface area (Å²) in [5, 5.41) is 12.2. The second-order valence-electron chi connectivity index (χ2n) is 4.74. The Morgan fingerprint density at radius 2 is 2.14 bits per heavy atom. The number of rotatable bonds is 6. The minimum atomic E-state index is 0.272. The van der Waals surface area contributed by atoms with Crippen LogP contribution < -0.4 is 10.1 Å². The third-order valence-electron chi connectivity index (χ3n) is 3.38. The van der Waals surface area contributed by atoms with Gasteiger partial charge in [-0.2, -0.15) is 5.26 Å². The molecule has 0 fully saturated rings. The maximum Gasteiger partial charge on any atom is 0.140 e. The molecule has 0 bridgehead atoms. The Labute approximate surface area is 125 Å². The Bertz CT molecular complexity index is 630. The molecule has 4 heteroatoms. The average Bonchev–Trinajstić information content (AvgIpc) is 2.55. The number of aromatic nitrogens is 1. The van der Waals surface area contributed by atoms with E-state index in [4.69, 9.17) is 10.00 Å². The largest absolute Gasteiger partial charge is 0.489 e. The van der Waals surface area contributed by atoms with Crippen LogP contribution in [0.1, 0.15) is 36.2 Å². The fourth-order valence-corrected chi connectivity index (χ4v) is 2.27. The lowest BCUT2D eigenvalue weighted by molar-refractivity contribution is 0.299. The average molecular weight is 281 g/mol. The summed E-state index contributed by atoms with van der Waals surface area (Å²) in [6, 6.07) is 13.9. The summed E-state index contributed by atoms with van der Waals surface area (Å²) in [6.07, 6.45) is 2.62. The molecule has 108 valence electrons. The van der Waals surface area contributed by atoms with Crippen molar-refractivity contribution in [3.63, 3.8) is 0 Å². The van der Waals surface area contributed by atoms with E-state index in [0.29, 0.717) is 12.3 Å². The smallest absolute Gasteiger partial charge is 0.140 e. The molecule has 21 heavy (non-hydrogen) atoms. The Balaban J connectivity index is 2.14. The van der Waals surface area contributed by atoms with E-state index in [1.807, 2.05) is 37.4 Å². The normalized spacial score (nSPS) is 11.7. The lowest BCUT2D eigenvalue weighted by Gasteiger charge is -2.18. The van der Waals surface area contributed by atoms with Gasteiger partial charge in [0.05, 0.1) is 0 Å². The minimum Gasteiger partial charge on any atom is -0.489 e. The van der Waals surface area contributed by atoms with Gasteiger partial charge in [-0.25, -0.2) is 4.98 Å². The Kier molecular flexibility index (Phi) is 5.30. The predicted octanol–water partition coefficient (Wildman–Crippen LogP) is 3.20. The standard InChI is InChI=1S/C17H19N3O/c1-3-16(19-2)15-6-4-5-7-17(15)21-12-13-8-9-20-14(10-13)11-18/h4-10,16,19H,3,12H2,1-2H3. The summed E-state index contributed by atoms with van der Waals surface area (Å²) in [5.74, 6) is 0.869. The van der Waals surface area contributed by atoms with E-state index >= 15 is 0 Å². The molecule has 1 heterocycles. The molecule has 1 unspecified atom stereocenters. The molecule has 1 aromatic heterocycles. The first-order valence-corrected chi connectivity index (χ1v) is 7.02. The fourth-order valence-electron chi connectivity index (χ4n) is 2.27. The summed E-state index contributed by atoms with van der Waals surface area (Å²) < 4.78 is 5.93. The van der Waals surface area contributed by atoms with Crippen molar-refractivity contribution in [1.82, 2.24) is 10.3 Å². The van der Waals surface area contributed by atoms with Crippen molar-refractivity contribution >= 4 is 0 Å². The van der Waals surface area contributed by atoms with Crippen molar-refractivity contribution in [3.8, 4) is 11.8 Å². The van der Waals surface area contributed by atoms with Crippen molar-refractivity contribution < 1.29 is 4.74 Å². The number of nitrogens with zero attached hydrogens (tertiary/aromatic N) is 2. The van der Waals surface area contributed by atoms with Crippen LogP contribution in [0.4, 0.5) is 0 Å². The second-order valence-corrected chi connectivity index (χ2v) is 4.74. The van der Waals surface area contributed by atoms with Crippen LogP contribution in [0.3, 0.4) is 0 Å². The molecule has 0 amide bonds. The van der Waals surface area contributed by atoms with Crippen molar-refractivity contribution in [2.75, 3.05) is 7.05 Å². The molecule has 0 aliphatic carbocycles. The van der Waals surface area contributed by atoms with Crippen molar-refractivity contribution in [2.45, 2.75) is 26.0 Å². The first-order chi connectivity index (χ1) is 10.3. The zero-order valence-corrected chi connectivity index (χ0v) is 12.3. The van der Waals surface area contributed by atoms with Gasteiger partial charge in [-0.05, 0) is 37.2 Å². The number of hydrogen-bond donors (Lipinski definition) is 1. The zero-order valence-electron chi connectivity index (χ0n) is 12.3. The number of nitriles is 1. The molecule has 2 aromatic rings. The zero-order chi connectivity index (χ0) is 15.1. The molecular weight excluding hydrogens is 262 g/mol. The first kappa shape index (κ1) is 15.0. The van der Waals surface area contributed by atoms with Gasteiger partial charge in [0.25, 0.3) is 0 Å². The molecule has 0 saturated carbocycles. The molecule has 0 aliphatic rings. The summed E-state index contributed by atoms with van der Waals surface area (Å²) in [5.41, 5.74) is 2.50. The lowest BCUT2D eigenvalue weighted by atomic mass is 10.0. The molecular formula is C17H19N3O. The van der Waals surface area contributed by atoms with Crippen LogP contribution in [0.25, 0.3) is 0 Å². The molecule has 1 aromatic carbocycles. The van der Waals surface area contributed by atoms with E-state index in [1.165, 1.54) is 0 Å². The first-order valence-electron chi connectivity index (χ1n) is 7.02.